The van der Waals surface area contributed by atoms with Gasteiger partial charge >= 0.3 is 0 Å². The number of hydrogen-bond acceptors (Lipinski definition) is 3. The van der Waals surface area contributed by atoms with E-state index in [-0.39, 0.29) is 11.8 Å². The lowest BCUT2D eigenvalue weighted by Crippen LogP contribution is -2.49. The van der Waals surface area contributed by atoms with Crippen LogP contribution < -0.4 is 5.32 Å². The van der Waals surface area contributed by atoms with Crippen LogP contribution in [0.1, 0.15) is 39.2 Å². The second-order valence-corrected chi connectivity index (χ2v) is 6.74. The first-order valence-electron chi connectivity index (χ1n) is 7.95. The summed E-state index contributed by atoms with van der Waals surface area (Å²) in [5.74, 6) is 0.177. The molecule has 1 fully saturated rings. The van der Waals surface area contributed by atoms with Crippen molar-refractivity contribution in [3.8, 4) is 6.07 Å². The van der Waals surface area contributed by atoms with Gasteiger partial charge in [-0.05, 0) is 56.9 Å². The van der Waals surface area contributed by atoms with Crippen LogP contribution in [0, 0.1) is 22.7 Å². The predicted octanol–water partition coefficient (Wildman–Crippen LogP) is 2.78. The lowest BCUT2D eigenvalue weighted by atomic mass is 9.88. The molecule has 0 unspecified atom stereocenters. The summed E-state index contributed by atoms with van der Waals surface area (Å²) < 4.78 is 0. The molecule has 1 N–H and O–H groups in total. The van der Waals surface area contributed by atoms with E-state index in [9.17, 15) is 9.59 Å². The minimum Gasteiger partial charge on any atom is -0.342 e. The fraction of sp³-hybridized carbons (Fsp3) is 0.500. The van der Waals surface area contributed by atoms with Crippen LogP contribution in [0.3, 0.4) is 0 Å². The van der Waals surface area contributed by atoms with Gasteiger partial charge in [-0.2, -0.15) is 5.26 Å². The van der Waals surface area contributed by atoms with E-state index >= 15 is 0 Å². The van der Waals surface area contributed by atoms with E-state index < -0.39 is 5.41 Å². The molecule has 1 aromatic rings. The van der Waals surface area contributed by atoms with Crippen LogP contribution in [0.25, 0.3) is 0 Å². The molecular weight excluding hydrogens is 290 g/mol. The second kappa shape index (κ2) is 6.82. The zero-order valence-electron chi connectivity index (χ0n) is 13.9. The number of nitrogens with zero attached hydrogens (tertiary/aromatic N) is 2. The summed E-state index contributed by atoms with van der Waals surface area (Å²) in [4.78, 5) is 27.0. The summed E-state index contributed by atoms with van der Waals surface area (Å²) in [5, 5.41) is 11.6. The van der Waals surface area contributed by atoms with Crippen molar-refractivity contribution >= 4 is 17.5 Å². The van der Waals surface area contributed by atoms with Gasteiger partial charge in [-0.3, -0.25) is 9.59 Å². The molecule has 0 saturated carbocycles. The van der Waals surface area contributed by atoms with E-state index in [0.717, 1.165) is 12.8 Å². The number of carbonyl (C=O) groups excluding carboxylic acids is 2. The van der Waals surface area contributed by atoms with Crippen molar-refractivity contribution in [3.05, 3.63) is 29.8 Å². The van der Waals surface area contributed by atoms with Crippen molar-refractivity contribution in [2.45, 2.75) is 33.6 Å². The van der Waals surface area contributed by atoms with Gasteiger partial charge in [-0.25, -0.2) is 0 Å². The third-order valence-corrected chi connectivity index (χ3v) is 4.45. The lowest BCUT2D eigenvalue weighted by molar-refractivity contribution is -0.147. The number of rotatable bonds is 3. The van der Waals surface area contributed by atoms with Crippen molar-refractivity contribution < 1.29 is 9.59 Å². The zero-order chi connectivity index (χ0) is 17.0. The first-order valence-corrected chi connectivity index (χ1v) is 7.95. The van der Waals surface area contributed by atoms with E-state index in [1.54, 1.807) is 43.0 Å². The average molecular weight is 313 g/mol. The van der Waals surface area contributed by atoms with Crippen LogP contribution in [0.5, 0.6) is 0 Å². The minimum atomic E-state index is -1.12. The molecule has 1 heterocycles. The Morgan fingerprint density at radius 2 is 1.78 bits per heavy atom. The Morgan fingerprint density at radius 3 is 2.30 bits per heavy atom. The molecule has 1 saturated heterocycles. The van der Waals surface area contributed by atoms with E-state index in [2.05, 4.69) is 12.2 Å². The molecule has 5 nitrogen and oxygen atoms in total. The molecule has 0 aromatic heterocycles. The van der Waals surface area contributed by atoms with E-state index in [0.29, 0.717) is 30.3 Å². The molecular formula is C18H23N3O2. The maximum absolute atomic E-state index is 12.7. The number of benzene rings is 1. The Morgan fingerprint density at radius 1 is 1.22 bits per heavy atom. The molecule has 1 aliphatic heterocycles. The lowest BCUT2D eigenvalue weighted by Gasteiger charge is -2.35. The monoisotopic (exact) mass is 313 g/mol. The van der Waals surface area contributed by atoms with E-state index in [4.69, 9.17) is 5.26 Å². The first kappa shape index (κ1) is 17.0. The van der Waals surface area contributed by atoms with Crippen LogP contribution in [0.2, 0.25) is 0 Å². The smallest absolute Gasteiger partial charge is 0.239 e. The van der Waals surface area contributed by atoms with Crippen molar-refractivity contribution in [3.63, 3.8) is 0 Å². The standard InChI is InChI=1S/C18H23N3O2/c1-13-8-10-21(11-9-13)17(23)18(2,3)16(22)20-15-6-4-14(12-19)5-7-15/h4-7,13H,8-11H2,1-3H3,(H,20,22). The Hall–Kier alpha value is -2.35. The highest BCUT2D eigenvalue weighted by molar-refractivity contribution is 6.09. The Bertz CT molecular complexity index is 621. The highest BCUT2D eigenvalue weighted by Gasteiger charge is 2.39. The van der Waals surface area contributed by atoms with Crippen molar-refractivity contribution in [2.75, 3.05) is 18.4 Å². The molecule has 0 radical (unpaired) electrons. The molecule has 2 amide bonds. The van der Waals surface area contributed by atoms with Gasteiger partial charge in [0.15, 0.2) is 0 Å². The van der Waals surface area contributed by atoms with Gasteiger partial charge in [0, 0.05) is 18.8 Å². The van der Waals surface area contributed by atoms with E-state index in [1.807, 2.05) is 6.07 Å². The minimum absolute atomic E-state index is 0.129. The molecule has 5 heteroatoms. The topological polar surface area (TPSA) is 73.2 Å². The van der Waals surface area contributed by atoms with Gasteiger partial charge in [-0.15, -0.1) is 0 Å². The number of piperidine rings is 1. The molecule has 122 valence electrons. The number of amides is 2. The first-order chi connectivity index (χ1) is 10.8. The largest absolute Gasteiger partial charge is 0.342 e. The molecule has 0 aliphatic carbocycles. The van der Waals surface area contributed by atoms with Gasteiger partial charge in [0.2, 0.25) is 11.8 Å². The van der Waals surface area contributed by atoms with Gasteiger partial charge in [-0.1, -0.05) is 6.92 Å². The molecule has 0 spiro atoms. The SMILES string of the molecule is CC1CCN(C(=O)C(C)(C)C(=O)Nc2ccc(C#N)cc2)CC1. The third-order valence-electron chi connectivity index (χ3n) is 4.45. The molecule has 23 heavy (non-hydrogen) atoms. The van der Waals surface area contributed by atoms with Gasteiger partial charge in [0.05, 0.1) is 11.6 Å². The summed E-state index contributed by atoms with van der Waals surface area (Å²) in [6, 6.07) is 8.63. The molecule has 0 bridgehead atoms. The summed E-state index contributed by atoms with van der Waals surface area (Å²) >= 11 is 0. The molecule has 2 rings (SSSR count). The number of nitriles is 1. The Labute approximate surface area is 137 Å². The second-order valence-electron chi connectivity index (χ2n) is 6.74. The maximum atomic E-state index is 12.7. The highest BCUT2D eigenvalue weighted by atomic mass is 16.2. The van der Waals surface area contributed by atoms with Gasteiger partial charge in [0.25, 0.3) is 0 Å². The van der Waals surface area contributed by atoms with Crippen LogP contribution in [-0.2, 0) is 9.59 Å². The summed E-state index contributed by atoms with van der Waals surface area (Å²) in [6.07, 6.45) is 1.97. The Balaban J connectivity index is 2.03. The zero-order valence-corrected chi connectivity index (χ0v) is 13.9. The molecule has 0 atom stereocenters. The number of nitrogens with one attached hydrogen (secondary N) is 1. The fourth-order valence-corrected chi connectivity index (χ4v) is 2.62. The summed E-state index contributed by atoms with van der Waals surface area (Å²) in [7, 11) is 0. The predicted molar refractivity (Wildman–Crippen MR) is 88.5 cm³/mol. The quantitative estimate of drug-likeness (QED) is 0.872. The highest BCUT2D eigenvalue weighted by Crippen LogP contribution is 2.25. The summed E-state index contributed by atoms with van der Waals surface area (Å²) in [5.41, 5.74) is -0.00278. The van der Waals surface area contributed by atoms with Gasteiger partial charge in [0.1, 0.15) is 5.41 Å². The van der Waals surface area contributed by atoms with Crippen LogP contribution in [-0.4, -0.2) is 29.8 Å². The number of likely N-dealkylation sites (tertiary alicyclic amines) is 1. The number of hydrogen-bond donors (Lipinski definition) is 1. The third kappa shape index (κ3) is 3.89. The normalized spacial score (nSPS) is 15.8. The fourth-order valence-electron chi connectivity index (χ4n) is 2.62. The van der Waals surface area contributed by atoms with Crippen LogP contribution in [0.4, 0.5) is 5.69 Å². The maximum Gasteiger partial charge on any atom is 0.239 e. The van der Waals surface area contributed by atoms with Crippen molar-refractivity contribution in [2.24, 2.45) is 11.3 Å². The number of carbonyl (C=O) groups is 2. The average Bonchev–Trinajstić information content (AvgIpc) is 2.55. The number of anilines is 1. The Kier molecular flexibility index (Phi) is 5.05. The molecule has 1 aromatic carbocycles. The van der Waals surface area contributed by atoms with Crippen molar-refractivity contribution in [1.82, 2.24) is 4.90 Å². The van der Waals surface area contributed by atoms with Gasteiger partial charge < -0.3 is 10.2 Å². The van der Waals surface area contributed by atoms with Crippen LogP contribution >= 0.6 is 0 Å². The van der Waals surface area contributed by atoms with E-state index in [1.165, 1.54) is 0 Å². The molecule has 1 aliphatic rings. The summed E-state index contributed by atoms with van der Waals surface area (Å²) in [6.45, 7) is 6.93. The van der Waals surface area contributed by atoms with Crippen LogP contribution in [0.15, 0.2) is 24.3 Å². The van der Waals surface area contributed by atoms with Crippen molar-refractivity contribution in [1.29, 1.82) is 5.26 Å².